The van der Waals surface area contributed by atoms with Gasteiger partial charge in [0.25, 0.3) is 0 Å². The molecule has 0 amide bonds. The number of nitriles is 1. The highest BCUT2D eigenvalue weighted by Gasteiger charge is 2.04. The monoisotopic (exact) mass is 174 g/mol. The summed E-state index contributed by atoms with van der Waals surface area (Å²) in [5.74, 6) is 0. The lowest BCUT2D eigenvalue weighted by atomic mass is 10.0. The van der Waals surface area contributed by atoms with Gasteiger partial charge in [-0.15, -0.1) is 0 Å². The molecule has 0 bridgehead atoms. The van der Waals surface area contributed by atoms with E-state index in [9.17, 15) is 0 Å². The molecule has 0 fully saturated rings. The van der Waals surface area contributed by atoms with Gasteiger partial charge in [-0.2, -0.15) is 5.26 Å². The molecule has 2 N–H and O–H groups in total. The SMILES string of the molecule is CCC(N)c1cc(C)cc(C#N)c1. The Hall–Kier alpha value is -1.33. The van der Waals surface area contributed by atoms with Crippen LogP contribution >= 0.6 is 0 Å². The fourth-order valence-corrected chi connectivity index (χ4v) is 1.33. The molecule has 0 radical (unpaired) electrons. The number of nitrogens with two attached hydrogens (primary N) is 1. The van der Waals surface area contributed by atoms with Gasteiger partial charge in [0.15, 0.2) is 0 Å². The maximum absolute atomic E-state index is 8.75. The van der Waals surface area contributed by atoms with Crippen LogP contribution in [0.15, 0.2) is 18.2 Å². The Morgan fingerprint density at radius 1 is 1.46 bits per heavy atom. The van der Waals surface area contributed by atoms with Gasteiger partial charge in [-0.3, -0.25) is 0 Å². The van der Waals surface area contributed by atoms with Crippen molar-refractivity contribution < 1.29 is 0 Å². The predicted octanol–water partition coefficient (Wildman–Crippen LogP) is 2.28. The summed E-state index contributed by atoms with van der Waals surface area (Å²) in [4.78, 5) is 0. The van der Waals surface area contributed by atoms with E-state index in [-0.39, 0.29) is 6.04 Å². The molecule has 68 valence electrons. The molecule has 0 aliphatic heterocycles. The minimum Gasteiger partial charge on any atom is -0.324 e. The number of nitrogens with zero attached hydrogens (tertiary/aromatic N) is 1. The predicted molar refractivity (Wildman–Crippen MR) is 53.1 cm³/mol. The van der Waals surface area contributed by atoms with Crippen LogP contribution in [0.4, 0.5) is 0 Å². The Bertz CT molecular complexity index is 336. The van der Waals surface area contributed by atoms with E-state index in [1.54, 1.807) is 0 Å². The van der Waals surface area contributed by atoms with Crippen LogP contribution in [-0.2, 0) is 0 Å². The van der Waals surface area contributed by atoms with Crippen LogP contribution in [0, 0.1) is 18.3 Å². The summed E-state index contributed by atoms with van der Waals surface area (Å²) in [5.41, 5.74) is 8.72. The highest BCUT2D eigenvalue weighted by atomic mass is 14.6. The second-order valence-electron chi connectivity index (χ2n) is 3.26. The van der Waals surface area contributed by atoms with E-state index in [0.717, 1.165) is 17.5 Å². The molecule has 2 nitrogen and oxygen atoms in total. The first-order chi connectivity index (χ1) is 6.17. The number of benzene rings is 1. The quantitative estimate of drug-likeness (QED) is 0.747. The van der Waals surface area contributed by atoms with Gasteiger partial charge in [0.2, 0.25) is 0 Å². The summed E-state index contributed by atoms with van der Waals surface area (Å²) in [6.07, 6.45) is 0.897. The Morgan fingerprint density at radius 3 is 2.69 bits per heavy atom. The zero-order valence-electron chi connectivity index (χ0n) is 8.04. The number of aryl methyl sites for hydroxylation is 1. The summed E-state index contributed by atoms with van der Waals surface area (Å²) in [5, 5.41) is 8.75. The topological polar surface area (TPSA) is 49.8 Å². The van der Waals surface area contributed by atoms with Crippen LogP contribution in [0.3, 0.4) is 0 Å². The van der Waals surface area contributed by atoms with Gasteiger partial charge in [0.1, 0.15) is 0 Å². The third-order valence-electron chi connectivity index (χ3n) is 2.10. The number of rotatable bonds is 2. The van der Waals surface area contributed by atoms with Crippen molar-refractivity contribution in [2.24, 2.45) is 5.73 Å². The summed E-state index contributed by atoms with van der Waals surface area (Å²) in [6.45, 7) is 4.02. The fourth-order valence-electron chi connectivity index (χ4n) is 1.33. The van der Waals surface area contributed by atoms with Crippen molar-refractivity contribution in [2.75, 3.05) is 0 Å². The van der Waals surface area contributed by atoms with Crippen LogP contribution in [0.1, 0.15) is 36.1 Å². The van der Waals surface area contributed by atoms with Crippen LogP contribution in [0.5, 0.6) is 0 Å². The first-order valence-electron chi connectivity index (χ1n) is 4.44. The third kappa shape index (κ3) is 2.30. The third-order valence-corrected chi connectivity index (χ3v) is 2.10. The Kier molecular flexibility index (Phi) is 3.05. The van der Waals surface area contributed by atoms with Gasteiger partial charge in [0.05, 0.1) is 11.6 Å². The molecular weight excluding hydrogens is 160 g/mol. The first kappa shape index (κ1) is 9.76. The average molecular weight is 174 g/mol. The van der Waals surface area contributed by atoms with Crippen molar-refractivity contribution in [3.8, 4) is 6.07 Å². The largest absolute Gasteiger partial charge is 0.324 e. The summed E-state index contributed by atoms with van der Waals surface area (Å²) < 4.78 is 0. The van der Waals surface area contributed by atoms with E-state index in [2.05, 4.69) is 6.07 Å². The molecule has 1 atom stereocenters. The van der Waals surface area contributed by atoms with Crippen molar-refractivity contribution in [1.82, 2.24) is 0 Å². The zero-order valence-corrected chi connectivity index (χ0v) is 8.04. The van der Waals surface area contributed by atoms with Crippen LogP contribution in [0.2, 0.25) is 0 Å². The van der Waals surface area contributed by atoms with Gasteiger partial charge in [-0.05, 0) is 36.6 Å². The van der Waals surface area contributed by atoms with Gasteiger partial charge in [-0.25, -0.2) is 0 Å². The minimum absolute atomic E-state index is 0.0481. The second-order valence-corrected chi connectivity index (χ2v) is 3.26. The minimum atomic E-state index is 0.0481. The lowest BCUT2D eigenvalue weighted by Gasteiger charge is -2.10. The maximum Gasteiger partial charge on any atom is 0.0991 e. The molecule has 1 aromatic rings. The molecule has 0 aliphatic rings. The van der Waals surface area contributed by atoms with E-state index in [1.165, 1.54) is 0 Å². The van der Waals surface area contributed by atoms with Crippen molar-refractivity contribution >= 4 is 0 Å². The second kappa shape index (κ2) is 4.06. The van der Waals surface area contributed by atoms with Crippen molar-refractivity contribution in [2.45, 2.75) is 26.3 Å². The molecule has 13 heavy (non-hydrogen) atoms. The first-order valence-corrected chi connectivity index (χ1v) is 4.44. The number of hydrogen-bond acceptors (Lipinski definition) is 2. The lowest BCUT2D eigenvalue weighted by molar-refractivity contribution is 0.698. The lowest BCUT2D eigenvalue weighted by Crippen LogP contribution is -2.08. The van der Waals surface area contributed by atoms with E-state index < -0.39 is 0 Å². The molecule has 0 saturated heterocycles. The molecule has 0 aromatic heterocycles. The molecule has 2 heteroatoms. The smallest absolute Gasteiger partial charge is 0.0991 e. The molecule has 0 saturated carbocycles. The van der Waals surface area contributed by atoms with E-state index in [0.29, 0.717) is 5.56 Å². The molecular formula is C11H14N2. The van der Waals surface area contributed by atoms with Crippen LogP contribution in [0.25, 0.3) is 0 Å². The average Bonchev–Trinajstić information content (AvgIpc) is 2.15. The standard InChI is InChI=1S/C11H14N2/c1-3-11(13)10-5-8(2)4-9(6-10)7-12/h4-6,11H,3,13H2,1-2H3. The van der Waals surface area contributed by atoms with Crippen LogP contribution in [-0.4, -0.2) is 0 Å². The highest BCUT2D eigenvalue weighted by molar-refractivity contribution is 5.38. The van der Waals surface area contributed by atoms with E-state index >= 15 is 0 Å². The van der Waals surface area contributed by atoms with Crippen molar-refractivity contribution in [1.29, 1.82) is 5.26 Å². The van der Waals surface area contributed by atoms with Gasteiger partial charge in [0, 0.05) is 6.04 Å². The zero-order chi connectivity index (χ0) is 9.84. The molecule has 0 spiro atoms. The summed E-state index contributed by atoms with van der Waals surface area (Å²) in [6, 6.07) is 7.95. The molecule has 0 aliphatic carbocycles. The van der Waals surface area contributed by atoms with Crippen LogP contribution < -0.4 is 5.73 Å². The van der Waals surface area contributed by atoms with Gasteiger partial charge < -0.3 is 5.73 Å². The molecule has 1 aromatic carbocycles. The number of hydrogen-bond donors (Lipinski definition) is 1. The summed E-state index contributed by atoms with van der Waals surface area (Å²) in [7, 11) is 0. The highest BCUT2D eigenvalue weighted by Crippen LogP contribution is 2.17. The fraction of sp³-hybridized carbons (Fsp3) is 0.364. The van der Waals surface area contributed by atoms with Crippen molar-refractivity contribution in [3.05, 3.63) is 34.9 Å². The molecule has 1 unspecified atom stereocenters. The normalized spacial score (nSPS) is 12.2. The Labute approximate surface area is 79.0 Å². The Morgan fingerprint density at radius 2 is 2.15 bits per heavy atom. The van der Waals surface area contributed by atoms with Gasteiger partial charge in [-0.1, -0.05) is 13.0 Å². The molecule has 1 rings (SSSR count). The summed E-state index contributed by atoms with van der Waals surface area (Å²) >= 11 is 0. The Balaban J connectivity index is 3.10. The van der Waals surface area contributed by atoms with E-state index in [4.69, 9.17) is 11.0 Å². The van der Waals surface area contributed by atoms with Crippen molar-refractivity contribution in [3.63, 3.8) is 0 Å². The van der Waals surface area contributed by atoms with Gasteiger partial charge >= 0.3 is 0 Å². The maximum atomic E-state index is 8.75. The molecule has 0 heterocycles. The van der Waals surface area contributed by atoms with E-state index in [1.807, 2.05) is 32.0 Å².